The SMILES string of the molecule is COc1ccc(C)cc1CN1CCC(C(C)=O)CC1. The number of nitrogens with zero attached hydrogens (tertiary/aromatic N) is 1. The van der Waals surface area contributed by atoms with E-state index in [1.54, 1.807) is 14.0 Å². The lowest BCUT2D eigenvalue weighted by atomic mass is 9.93. The van der Waals surface area contributed by atoms with Crippen molar-refractivity contribution in [3.63, 3.8) is 0 Å². The second kappa shape index (κ2) is 6.20. The zero-order chi connectivity index (χ0) is 13.8. The number of hydrogen-bond acceptors (Lipinski definition) is 3. The van der Waals surface area contributed by atoms with Crippen LogP contribution in [0.5, 0.6) is 5.75 Å². The molecule has 0 amide bonds. The summed E-state index contributed by atoms with van der Waals surface area (Å²) < 4.78 is 5.42. The van der Waals surface area contributed by atoms with Gasteiger partial charge in [0, 0.05) is 18.0 Å². The molecule has 3 heteroatoms. The molecular formula is C16H23NO2. The van der Waals surface area contributed by atoms with E-state index in [1.165, 1.54) is 11.1 Å². The molecule has 1 aliphatic heterocycles. The van der Waals surface area contributed by atoms with E-state index in [2.05, 4.69) is 24.0 Å². The molecule has 0 atom stereocenters. The number of benzene rings is 1. The first-order chi connectivity index (χ1) is 9.10. The minimum atomic E-state index is 0.274. The maximum Gasteiger partial charge on any atom is 0.133 e. The number of hydrogen-bond donors (Lipinski definition) is 0. The predicted octanol–water partition coefficient (Wildman–Crippen LogP) is 2.80. The zero-order valence-electron chi connectivity index (χ0n) is 12.1. The summed E-state index contributed by atoms with van der Waals surface area (Å²) in [6.07, 6.45) is 1.98. The molecule has 2 rings (SSSR count). The lowest BCUT2D eigenvalue weighted by Crippen LogP contribution is -2.35. The van der Waals surface area contributed by atoms with E-state index in [0.717, 1.165) is 38.2 Å². The Hall–Kier alpha value is -1.35. The van der Waals surface area contributed by atoms with Gasteiger partial charge in [0.1, 0.15) is 11.5 Å². The van der Waals surface area contributed by atoms with Crippen LogP contribution in [0.3, 0.4) is 0 Å². The summed E-state index contributed by atoms with van der Waals surface area (Å²) in [5, 5.41) is 0. The van der Waals surface area contributed by atoms with Crippen LogP contribution < -0.4 is 4.74 Å². The maximum absolute atomic E-state index is 11.4. The highest BCUT2D eigenvalue weighted by Crippen LogP contribution is 2.24. The molecule has 3 nitrogen and oxygen atoms in total. The topological polar surface area (TPSA) is 29.5 Å². The Labute approximate surface area is 115 Å². The first kappa shape index (κ1) is 14.1. The van der Waals surface area contributed by atoms with E-state index in [9.17, 15) is 4.79 Å². The van der Waals surface area contributed by atoms with Gasteiger partial charge in [-0.25, -0.2) is 0 Å². The second-order valence-electron chi connectivity index (χ2n) is 5.48. The monoisotopic (exact) mass is 261 g/mol. The Morgan fingerprint density at radius 1 is 1.37 bits per heavy atom. The summed E-state index contributed by atoms with van der Waals surface area (Å²) in [6, 6.07) is 6.30. The standard InChI is InChI=1S/C16H23NO2/c1-12-4-5-16(19-3)15(10-12)11-17-8-6-14(7-9-17)13(2)18/h4-5,10,14H,6-9,11H2,1-3H3. The summed E-state index contributed by atoms with van der Waals surface area (Å²) in [4.78, 5) is 13.8. The number of likely N-dealkylation sites (tertiary alicyclic amines) is 1. The maximum atomic E-state index is 11.4. The Kier molecular flexibility index (Phi) is 4.59. The van der Waals surface area contributed by atoms with Crippen molar-refractivity contribution in [2.75, 3.05) is 20.2 Å². The number of ether oxygens (including phenoxy) is 1. The van der Waals surface area contributed by atoms with Crippen LogP contribution >= 0.6 is 0 Å². The van der Waals surface area contributed by atoms with Crippen molar-refractivity contribution in [1.82, 2.24) is 4.90 Å². The molecule has 0 N–H and O–H groups in total. The summed E-state index contributed by atoms with van der Waals surface area (Å²) >= 11 is 0. The lowest BCUT2D eigenvalue weighted by molar-refractivity contribution is -0.122. The molecule has 0 radical (unpaired) electrons. The van der Waals surface area contributed by atoms with Crippen molar-refractivity contribution in [2.45, 2.75) is 33.2 Å². The molecule has 1 aromatic rings. The van der Waals surface area contributed by atoms with Crippen LogP contribution in [0, 0.1) is 12.8 Å². The molecule has 0 bridgehead atoms. The van der Waals surface area contributed by atoms with Crippen LogP contribution in [0.15, 0.2) is 18.2 Å². The van der Waals surface area contributed by atoms with E-state index >= 15 is 0 Å². The minimum Gasteiger partial charge on any atom is -0.496 e. The number of carbonyl (C=O) groups is 1. The third kappa shape index (κ3) is 3.57. The van der Waals surface area contributed by atoms with Crippen LogP contribution in [0.2, 0.25) is 0 Å². The van der Waals surface area contributed by atoms with Gasteiger partial charge in [-0.05, 0) is 45.8 Å². The van der Waals surface area contributed by atoms with Gasteiger partial charge < -0.3 is 4.74 Å². The molecule has 1 aromatic carbocycles. The lowest BCUT2D eigenvalue weighted by Gasteiger charge is -2.31. The first-order valence-corrected chi connectivity index (χ1v) is 6.96. The molecule has 1 saturated heterocycles. The molecule has 0 spiro atoms. The summed E-state index contributed by atoms with van der Waals surface area (Å²) in [5.74, 6) is 1.57. The summed E-state index contributed by atoms with van der Waals surface area (Å²) in [6.45, 7) is 6.73. The third-order valence-corrected chi connectivity index (χ3v) is 3.99. The summed E-state index contributed by atoms with van der Waals surface area (Å²) in [5.41, 5.74) is 2.50. The third-order valence-electron chi connectivity index (χ3n) is 3.99. The minimum absolute atomic E-state index is 0.274. The first-order valence-electron chi connectivity index (χ1n) is 6.96. The zero-order valence-corrected chi connectivity index (χ0v) is 12.1. The Bertz CT molecular complexity index is 448. The van der Waals surface area contributed by atoms with Crippen molar-refractivity contribution in [3.8, 4) is 5.75 Å². The molecular weight excluding hydrogens is 238 g/mol. The molecule has 0 aromatic heterocycles. The summed E-state index contributed by atoms with van der Waals surface area (Å²) in [7, 11) is 1.72. The van der Waals surface area contributed by atoms with Gasteiger partial charge in [0.25, 0.3) is 0 Å². The van der Waals surface area contributed by atoms with Crippen LogP contribution in [0.1, 0.15) is 30.9 Å². The van der Waals surface area contributed by atoms with E-state index in [-0.39, 0.29) is 5.92 Å². The van der Waals surface area contributed by atoms with Gasteiger partial charge in [0.05, 0.1) is 7.11 Å². The largest absolute Gasteiger partial charge is 0.496 e. The van der Waals surface area contributed by atoms with Crippen molar-refractivity contribution in [3.05, 3.63) is 29.3 Å². The molecule has 0 aliphatic carbocycles. The number of aryl methyl sites for hydroxylation is 1. The smallest absolute Gasteiger partial charge is 0.133 e. The van der Waals surface area contributed by atoms with Crippen molar-refractivity contribution < 1.29 is 9.53 Å². The van der Waals surface area contributed by atoms with Gasteiger partial charge in [-0.1, -0.05) is 17.7 Å². The Morgan fingerprint density at radius 2 is 2.05 bits per heavy atom. The van der Waals surface area contributed by atoms with E-state index < -0.39 is 0 Å². The fourth-order valence-electron chi connectivity index (χ4n) is 2.77. The molecule has 104 valence electrons. The van der Waals surface area contributed by atoms with Gasteiger partial charge in [-0.15, -0.1) is 0 Å². The Balaban J connectivity index is 1.99. The van der Waals surface area contributed by atoms with Gasteiger partial charge in [-0.2, -0.15) is 0 Å². The molecule has 19 heavy (non-hydrogen) atoms. The molecule has 1 heterocycles. The van der Waals surface area contributed by atoms with Crippen molar-refractivity contribution in [2.24, 2.45) is 5.92 Å². The van der Waals surface area contributed by atoms with E-state index in [4.69, 9.17) is 4.74 Å². The number of piperidine rings is 1. The van der Waals surface area contributed by atoms with Crippen LogP contribution in [0.4, 0.5) is 0 Å². The Morgan fingerprint density at radius 3 is 2.63 bits per heavy atom. The molecule has 0 saturated carbocycles. The molecule has 1 fully saturated rings. The van der Waals surface area contributed by atoms with Gasteiger partial charge in [0.2, 0.25) is 0 Å². The van der Waals surface area contributed by atoms with Crippen LogP contribution in [0.25, 0.3) is 0 Å². The van der Waals surface area contributed by atoms with Crippen molar-refractivity contribution >= 4 is 5.78 Å². The molecule has 1 aliphatic rings. The number of carbonyl (C=O) groups excluding carboxylic acids is 1. The second-order valence-corrected chi connectivity index (χ2v) is 5.48. The highest BCUT2D eigenvalue weighted by Gasteiger charge is 2.22. The van der Waals surface area contributed by atoms with Gasteiger partial charge in [-0.3, -0.25) is 9.69 Å². The number of Topliss-reactive ketones (excluding diaryl/α,β-unsaturated/α-hetero) is 1. The van der Waals surface area contributed by atoms with Gasteiger partial charge >= 0.3 is 0 Å². The van der Waals surface area contributed by atoms with Crippen LogP contribution in [-0.4, -0.2) is 30.9 Å². The fraction of sp³-hybridized carbons (Fsp3) is 0.562. The van der Waals surface area contributed by atoms with E-state index in [0.29, 0.717) is 5.78 Å². The number of methoxy groups -OCH3 is 1. The van der Waals surface area contributed by atoms with Gasteiger partial charge in [0.15, 0.2) is 0 Å². The predicted molar refractivity (Wildman–Crippen MR) is 76.4 cm³/mol. The average Bonchev–Trinajstić information content (AvgIpc) is 2.39. The normalized spacial score (nSPS) is 17.4. The molecule has 0 unspecified atom stereocenters. The highest BCUT2D eigenvalue weighted by atomic mass is 16.5. The van der Waals surface area contributed by atoms with E-state index in [1.807, 2.05) is 6.07 Å². The van der Waals surface area contributed by atoms with Crippen molar-refractivity contribution in [1.29, 1.82) is 0 Å². The number of ketones is 1. The number of rotatable bonds is 4. The quantitative estimate of drug-likeness (QED) is 0.834. The highest BCUT2D eigenvalue weighted by molar-refractivity contribution is 5.78. The fourth-order valence-corrected chi connectivity index (χ4v) is 2.77. The average molecular weight is 261 g/mol. The van der Waals surface area contributed by atoms with Crippen LogP contribution in [-0.2, 0) is 11.3 Å².